The van der Waals surface area contributed by atoms with E-state index in [9.17, 15) is 0 Å². The molecule has 16 heavy (non-hydrogen) atoms. The first-order valence-electron chi connectivity index (χ1n) is 4.20. The van der Waals surface area contributed by atoms with E-state index in [-0.39, 0.29) is 5.95 Å². The van der Waals surface area contributed by atoms with E-state index >= 15 is 0 Å². The molecule has 2 N–H and O–H groups in total. The number of hydrogen-bond acceptors (Lipinski definition) is 4. The normalized spacial score (nSPS) is 10.1. The smallest absolute Gasteiger partial charge is 0.240 e. The van der Waals surface area contributed by atoms with Gasteiger partial charge >= 0.3 is 0 Å². The van der Waals surface area contributed by atoms with Crippen LogP contribution in [0.4, 0.5) is 5.95 Å². The molecule has 0 atom stereocenters. The van der Waals surface area contributed by atoms with Gasteiger partial charge in [-0.15, -0.1) is 5.10 Å². The summed E-state index contributed by atoms with van der Waals surface area (Å²) in [5.41, 5.74) is 6.59. The Labute approximate surface area is 108 Å². The molecule has 0 radical (unpaired) electrons. The van der Waals surface area contributed by atoms with Gasteiger partial charge in [0.25, 0.3) is 0 Å². The van der Waals surface area contributed by atoms with Gasteiger partial charge in [-0.2, -0.15) is 10.2 Å². The predicted molar refractivity (Wildman–Crippen MR) is 65.9 cm³/mol. The minimum absolute atomic E-state index is 0.152. The molecule has 0 aliphatic heterocycles. The van der Waals surface area contributed by atoms with E-state index < -0.39 is 0 Å². The van der Waals surface area contributed by atoms with Crippen LogP contribution in [0.25, 0.3) is 5.69 Å². The van der Waals surface area contributed by atoms with Crippen LogP contribution in [0.15, 0.2) is 27.4 Å². The first-order valence-corrected chi connectivity index (χ1v) is 5.78. The summed E-state index contributed by atoms with van der Waals surface area (Å²) in [7, 11) is 0. The standard InChI is InChI=1S/C9H5Br2N5/c10-6-1-2-7(5(3-6)4-12)16-8(11)14-9(13)15-16/h1-3H,(H2,13,15). The third-order valence-electron chi connectivity index (χ3n) is 1.89. The molecule has 7 heteroatoms. The van der Waals surface area contributed by atoms with E-state index in [4.69, 9.17) is 11.0 Å². The van der Waals surface area contributed by atoms with E-state index in [0.717, 1.165) is 4.47 Å². The zero-order valence-electron chi connectivity index (χ0n) is 7.85. The minimum atomic E-state index is 0.152. The molecule has 0 saturated carbocycles. The van der Waals surface area contributed by atoms with Gasteiger partial charge in [-0.3, -0.25) is 0 Å². The molecule has 0 amide bonds. The maximum atomic E-state index is 9.02. The largest absolute Gasteiger partial charge is 0.366 e. The molecule has 0 aliphatic carbocycles. The fourth-order valence-corrected chi connectivity index (χ4v) is 2.06. The summed E-state index contributed by atoms with van der Waals surface area (Å²) in [6.07, 6.45) is 0. The Morgan fingerprint density at radius 3 is 2.69 bits per heavy atom. The molecule has 0 spiro atoms. The van der Waals surface area contributed by atoms with Crippen molar-refractivity contribution in [2.24, 2.45) is 0 Å². The van der Waals surface area contributed by atoms with E-state index in [1.165, 1.54) is 4.68 Å². The summed E-state index contributed by atoms with van der Waals surface area (Å²) in [6, 6.07) is 7.38. The summed E-state index contributed by atoms with van der Waals surface area (Å²) in [4.78, 5) is 3.91. The summed E-state index contributed by atoms with van der Waals surface area (Å²) in [6.45, 7) is 0. The Morgan fingerprint density at radius 1 is 1.38 bits per heavy atom. The number of nitrogen functional groups attached to an aromatic ring is 1. The van der Waals surface area contributed by atoms with Crippen molar-refractivity contribution in [3.63, 3.8) is 0 Å². The molecule has 0 saturated heterocycles. The van der Waals surface area contributed by atoms with Crippen molar-refractivity contribution in [3.05, 3.63) is 33.0 Å². The number of nitrogens with two attached hydrogens (primary N) is 1. The van der Waals surface area contributed by atoms with E-state index in [0.29, 0.717) is 16.0 Å². The Morgan fingerprint density at radius 2 is 2.12 bits per heavy atom. The van der Waals surface area contributed by atoms with Crippen LogP contribution in [0.5, 0.6) is 0 Å². The number of halogens is 2. The maximum Gasteiger partial charge on any atom is 0.240 e. The quantitative estimate of drug-likeness (QED) is 0.861. The van der Waals surface area contributed by atoms with Crippen LogP contribution in [0, 0.1) is 11.3 Å². The fourth-order valence-electron chi connectivity index (χ4n) is 1.24. The number of rotatable bonds is 1. The zero-order valence-corrected chi connectivity index (χ0v) is 11.0. The van der Waals surface area contributed by atoms with Crippen molar-refractivity contribution in [2.75, 3.05) is 5.73 Å². The van der Waals surface area contributed by atoms with Gasteiger partial charge in [-0.25, -0.2) is 4.68 Å². The number of anilines is 1. The highest BCUT2D eigenvalue weighted by Gasteiger charge is 2.11. The molecule has 1 aromatic heterocycles. The number of aromatic nitrogens is 3. The monoisotopic (exact) mass is 341 g/mol. The van der Waals surface area contributed by atoms with Crippen LogP contribution < -0.4 is 5.73 Å². The lowest BCUT2D eigenvalue weighted by Gasteiger charge is -2.04. The SMILES string of the molecule is N#Cc1cc(Br)ccc1-n1nc(N)nc1Br. The van der Waals surface area contributed by atoms with Crippen LogP contribution >= 0.6 is 31.9 Å². The second-order valence-electron chi connectivity index (χ2n) is 2.92. The van der Waals surface area contributed by atoms with Crippen LogP contribution in [0.2, 0.25) is 0 Å². The van der Waals surface area contributed by atoms with Gasteiger partial charge in [0.15, 0.2) is 0 Å². The molecule has 0 bridgehead atoms. The van der Waals surface area contributed by atoms with Crippen molar-refractivity contribution in [3.8, 4) is 11.8 Å². The van der Waals surface area contributed by atoms with E-state index in [1.54, 1.807) is 12.1 Å². The van der Waals surface area contributed by atoms with Crippen molar-refractivity contribution in [1.29, 1.82) is 5.26 Å². The average molecular weight is 343 g/mol. The van der Waals surface area contributed by atoms with Crippen molar-refractivity contribution < 1.29 is 0 Å². The van der Waals surface area contributed by atoms with Gasteiger partial charge in [0.05, 0.1) is 11.3 Å². The summed E-state index contributed by atoms with van der Waals surface area (Å²) in [5.74, 6) is 0.152. The number of nitrogens with zero attached hydrogens (tertiary/aromatic N) is 4. The van der Waals surface area contributed by atoms with E-state index in [2.05, 4.69) is 48.0 Å². The zero-order chi connectivity index (χ0) is 11.7. The van der Waals surface area contributed by atoms with Gasteiger partial charge in [0, 0.05) is 4.47 Å². The minimum Gasteiger partial charge on any atom is -0.366 e. The number of nitriles is 1. The van der Waals surface area contributed by atoms with Crippen LogP contribution in [-0.4, -0.2) is 14.8 Å². The highest BCUT2D eigenvalue weighted by Crippen LogP contribution is 2.22. The molecular formula is C9H5Br2N5. The summed E-state index contributed by atoms with van der Waals surface area (Å²) < 4.78 is 2.76. The second kappa shape index (κ2) is 4.23. The molecule has 80 valence electrons. The summed E-state index contributed by atoms with van der Waals surface area (Å²) in [5, 5.41) is 13.0. The Balaban J connectivity index is 2.65. The predicted octanol–water partition coefficient (Wildman–Crippen LogP) is 2.25. The lowest BCUT2D eigenvalue weighted by molar-refractivity contribution is 0.856. The Kier molecular flexibility index (Phi) is 2.94. The Hall–Kier alpha value is -1.39. The molecule has 5 nitrogen and oxygen atoms in total. The third kappa shape index (κ3) is 1.94. The van der Waals surface area contributed by atoms with Crippen molar-refractivity contribution in [1.82, 2.24) is 14.8 Å². The molecule has 2 aromatic rings. The van der Waals surface area contributed by atoms with Gasteiger partial charge in [-0.1, -0.05) is 15.9 Å². The van der Waals surface area contributed by atoms with E-state index in [1.807, 2.05) is 6.07 Å². The van der Waals surface area contributed by atoms with Crippen LogP contribution in [0.1, 0.15) is 5.56 Å². The van der Waals surface area contributed by atoms with Crippen LogP contribution in [-0.2, 0) is 0 Å². The third-order valence-corrected chi connectivity index (χ3v) is 2.90. The molecular weight excluding hydrogens is 338 g/mol. The molecule has 0 unspecified atom stereocenters. The second-order valence-corrected chi connectivity index (χ2v) is 4.55. The molecule has 1 aromatic carbocycles. The fraction of sp³-hybridized carbons (Fsp3) is 0. The molecule has 0 aliphatic rings. The highest BCUT2D eigenvalue weighted by molar-refractivity contribution is 9.10. The first-order chi connectivity index (χ1) is 7.61. The lowest BCUT2D eigenvalue weighted by Crippen LogP contribution is -2.00. The Bertz CT molecular complexity index is 584. The molecule has 0 fully saturated rings. The summed E-state index contributed by atoms with van der Waals surface area (Å²) >= 11 is 6.52. The molecule has 2 rings (SSSR count). The number of benzene rings is 1. The van der Waals surface area contributed by atoms with Gasteiger partial charge in [-0.05, 0) is 34.1 Å². The topological polar surface area (TPSA) is 80.5 Å². The lowest BCUT2D eigenvalue weighted by atomic mass is 10.2. The van der Waals surface area contributed by atoms with Gasteiger partial charge in [0.1, 0.15) is 6.07 Å². The van der Waals surface area contributed by atoms with Crippen molar-refractivity contribution >= 4 is 37.8 Å². The van der Waals surface area contributed by atoms with Gasteiger partial charge < -0.3 is 5.73 Å². The highest BCUT2D eigenvalue weighted by atomic mass is 79.9. The average Bonchev–Trinajstić information content (AvgIpc) is 2.57. The number of hydrogen-bond donors (Lipinski definition) is 1. The van der Waals surface area contributed by atoms with Crippen molar-refractivity contribution in [2.45, 2.75) is 0 Å². The van der Waals surface area contributed by atoms with Crippen LogP contribution in [0.3, 0.4) is 0 Å². The molecule has 1 heterocycles. The maximum absolute atomic E-state index is 9.02. The first kappa shape index (κ1) is 11.1. The van der Waals surface area contributed by atoms with Gasteiger partial charge in [0.2, 0.25) is 10.7 Å².